The van der Waals surface area contributed by atoms with Gasteiger partial charge in [0.1, 0.15) is 5.82 Å². The molecule has 1 aliphatic heterocycles. The average molecular weight is 291 g/mol. The van der Waals surface area contributed by atoms with Gasteiger partial charge in [-0.05, 0) is 42.9 Å². The van der Waals surface area contributed by atoms with Gasteiger partial charge in [-0.25, -0.2) is 4.39 Å². The number of carbonyl (C=O) groups excluding carboxylic acids is 1. The molecule has 1 aromatic rings. The van der Waals surface area contributed by atoms with Crippen molar-refractivity contribution in [2.45, 2.75) is 38.8 Å². The van der Waals surface area contributed by atoms with Gasteiger partial charge in [-0.3, -0.25) is 15.6 Å². The molecular formula is C16H22FN3O. The number of carbonyl (C=O) groups is 1. The summed E-state index contributed by atoms with van der Waals surface area (Å²) >= 11 is 0. The van der Waals surface area contributed by atoms with Crippen molar-refractivity contribution >= 4 is 5.91 Å². The highest BCUT2D eigenvalue weighted by molar-refractivity contribution is 5.79. The van der Waals surface area contributed by atoms with Gasteiger partial charge in [-0.2, -0.15) is 0 Å². The molecule has 2 aliphatic rings. The quantitative estimate of drug-likeness (QED) is 0.793. The van der Waals surface area contributed by atoms with E-state index in [0.717, 1.165) is 24.9 Å². The Labute approximate surface area is 124 Å². The van der Waals surface area contributed by atoms with Crippen molar-refractivity contribution < 1.29 is 9.18 Å². The highest BCUT2D eigenvalue weighted by Crippen LogP contribution is 2.31. The third kappa shape index (κ3) is 3.09. The Morgan fingerprint density at radius 2 is 2.29 bits per heavy atom. The molecule has 0 aromatic heterocycles. The van der Waals surface area contributed by atoms with Crippen molar-refractivity contribution in [3.8, 4) is 0 Å². The van der Waals surface area contributed by atoms with Gasteiger partial charge >= 0.3 is 0 Å². The molecule has 1 heterocycles. The van der Waals surface area contributed by atoms with Crippen LogP contribution in [0.5, 0.6) is 0 Å². The minimum atomic E-state index is -0.221. The van der Waals surface area contributed by atoms with Gasteiger partial charge in [0.15, 0.2) is 0 Å². The van der Waals surface area contributed by atoms with E-state index in [0.29, 0.717) is 18.0 Å². The van der Waals surface area contributed by atoms with Crippen LogP contribution in [0, 0.1) is 24.6 Å². The maximum absolute atomic E-state index is 13.5. The van der Waals surface area contributed by atoms with Crippen molar-refractivity contribution in [3.63, 3.8) is 0 Å². The van der Waals surface area contributed by atoms with E-state index < -0.39 is 0 Å². The highest BCUT2D eigenvalue weighted by atomic mass is 19.1. The van der Waals surface area contributed by atoms with Gasteiger partial charge in [0.2, 0.25) is 5.91 Å². The zero-order valence-electron chi connectivity index (χ0n) is 12.3. The smallest absolute Gasteiger partial charge is 0.225 e. The van der Waals surface area contributed by atoms with E-state index in [-0.39, 0.29) is 23.7 Å². The number of hydrogen-bond acceptors (Lipinski definition) is 3. The summed E-state index contributed by atoms with van der Waals surface area (Å²) in [6, 6.07) is 5.33. The zero-order valence-corrected chi connectivity index (χ0v) is 12.3. The summed E-state index contributed by atoms with van der Waals surface area (Å²) < 4.78 is 13.5. The molecule has 3 unspecified atom stereocenters. The standard InChI is InChI=1S/C16H22FN3O/c1-10-5-6-11(7-14(10)17)8-18-16(21)13-4-2-3-12-9-19-20-15(12)13/h5-7,12-13,15,19-20H,2-4,8-9H2,1H3,(H,18,21). The van der Waals surface area contributed by atoms with Gasteiger partial charge in [-0.15, -0.1) is 0 Å². The topological polar surface area (TPSA) is 53.2 Å². The van der Waals surface area contributed by atoms with Crippen LogP contribution < -0.4 is 16.2 Å². The molecule has 0 bridgehead atoms. The fraction of sp³-hybridized carbons (Fsp3) is 0.562. The van der Waals surface area contributed by atoms with Gasteiger partial charge in [0.05, 0.1) is 5.92 Å². The van der Waals surface area contributed by atoms with E-state index in [4.69, 9.17) is 0 Å². The number of hydrogen-bond donors (Lipinski definition) is 3. The van der Waals surface area contributed by atoms with Crippen LogP contribution in [0.25, 0.3) is 0 Å². The molecule has 0 radical (unpaired) electrons. The molecule has 21 heavy (non-hydrogen) atoms. The largest absolute Gasteiger partial charge is 0.352 e. The molecule has 1 amide bonds. The molecule has 5 heteroatoms. The van der Waals surface area contributed by atoms with Gasteiger partial charge in [-0.1, -0.05) is 18.6 Å². The number of benzene rings is 1. The van der Waals surface area contributed by atoms with E-state index >= 15 is 0 Å². The van der Waals surface area contributed by atoms with E-state index in [9.17, 15) is 9.18 Å². The monoisotopic (exact) mass is 291 g/mol. The first-order chi connectivity index (χ1) is 10.1. The number of halogens is 1. The predicted octanol–water partition coefficient (Wildman–Crippen LogP) is 1.64. The molecule has 0 spiro atoms. The SMILES string of the molecule is Cc1ccc(CNC(=O)C2CCCC3CNNC32)cc1F. The van der Waals surface area contributed by atoms with Gasteiger partial charge < -0.3 is 5.32 Å². The lowest BCUT2D eigenvalue weighted by molar-refractivity contribution is -0.127. The van der Waals surface area contributed by atoms with Crippen LogP contribution in [0.4, 0.5) is 4.39 Å². The second kappa shape index (κ2) is 6.12. The number of amides is 1. The lowest BCUT2D eigenvalue weighted by Gasteiger charge is -2.31. The third-order valence-electron chi connectivity index (χ3n) is 4.70. The normalized spacial score (nSPS) is 28.2. The summed E-state index contributed by atoms with van der Waals surface area (Å²) in [6.45, 7) is 3.06. The lowest BCUT2D eigenvalue weighted by atomic mass is 9.77. The Morgan fingerprint density at radius 1 is 1.43 bits per heavy atom. The maximum atomic E-state index is 13.5. The number of nitrogens with one attached hydrogen (secondary N) is 3. The van der Waals surface area contributed by atoms with E-state index in [2.05, 4.69) is 16.2 Å². The van der Waals surface area contributed by atoms with E-state index in [1.165, 1.54) is 12.5 Å². The van der Waals surface area contributed by atoms with Crippen LogP contribution in [0.3, 0.4) is 0 Å². The molecule has 1 saturated heterocycles. The summed E-state index contributed by atoms with van der Waals surface area (Å²) in [4.78, 5) is 12.4. The van der Waals surface area contributed by atoms with Gasteiger partial charge in [0.25, 0.3) is 0 Å². The first-order valence-electron chi connectivity index (χ1n) is 7.66. The van der Waals surface area contributed by atoms with E-state index in [1.54, 1.807) is 13.0 Å². The Balaban J connectivity index is 1.59. The summed E-state index contributed by atoms with van der Waals surface area (Å²) in [7, 11) is 0. The van der Waals surface area contributed by atoms with Crippen molar-refractivity contribution in [1.29, 1.82) is 0 Å². The van der Waals surface area contributed by atoms with E-state index in [1.807, 2.05) is 6.07 Å². The molecule has 3 atom stereocenters. The summed E-state index contributed by atoms with van der Waals surface area (Å²) in [5.74, 6) is 0.406. The fourth-order valence-electron chi connectivity index (χ4n) is 3.40. The lowest BCUT2D eigenvalue weighted by Crippen LogP contribution is -2.47. The Kier molecular flexibility index (Phi) is 4.22. The first kappa shape index (κ1) is 14.5. The average Bonchev–Trinajstić information content (AvgIpc) is 2.96. The predicted molar refractivity (Wildman–Crippen MR) is 78.7 cm³/mol. The van der Waals surface area contributed by atoms with Crippen molar-refractivity contribution in [1.82, 2.24) is 16.2 Å². The molecule has 3 rings (SSSR count). The van der Waals surface area contributed by atoms with Crippen LogP contribution in [-0.4, -0.2) is 18.5 Å². The highest BCUT2D eigenvalue weighted by Gasteiger charge is 2.39. The minimum absolute atomic E-state index is 0.00838. The van der Waals surface area contributed by atoms with Crippen molar-refractivity contribution in [2.75, 3.05) is 6.54 Å². The van der Waals surface area contributed by atoms with Crippen LogP contribution in [-0.2, 0) is 11.3 Å². The first-order valence-corrected chi connectivity index (χ1v) is 7.66. The number of aryl methyl sites for hydroxylation is 1. The van der Waals surface area contributed by atoms with Crippen LogP contribution in [0.15, 0.2) is 18.2 Å². The Hall–Kier alpha value is -1.46. The summed E-state index contributed by atoms with van der Waals surface area (Å²) in [5.41, 5.74) is 7.82. The molecule has 1 saturated carbocycles. The molecular weight excluding hydrogens is 269 g/mol. The molecule has 1 aliphatic carbocycles. The number of hydrazine groups is 1. The molecule has 114 valence electrons. The molecule has 1 aromatic carbocycles. The van der Waals surface area contributed by atoms with Crippen molar-refractivity contribution in [3.05, 3.63) is 35.1 Å². The summed E-state index contributed by atoms with van der Waals surface area (Å²) in [6.07, 6.45) is 3.20. The van der Waals surface area contributed by atoms with Crippen LogP contribution >= 0.6 is 0 Å². The van der Waals surface area contributed by atoms with Crippen molar-refractivity contribution in [2.24, 2.45) is 11.8 Å². The third-order valence-corrected chi connectivity index (χ3v) is 4.70. The van der Waals surface area contributed by atoms with Crippen LogP contribution in [0.2, 0.25) is 0 Å². The zero-order chi connectivity index (χ0) is 14.8. The number of fused-ring (bicyclic) bond motifs is 1. The Bertz CT molecular complexity index is 534. The van der Waals surface area contributed by atoms with Gasteiger partial charge in [0, 0.05) is 19.1 Å². The molecule has 2 fully saturated rings. The second-order valence-corrected chi connectivity index (χ2v) is 6.15. The van der Waals surface area contributed by atoms with Crippen LogP contribution in [0.1, 0.15) is 30.4 Å². The fourth-order valence-corrected chi connectivity index (χ4v) is 3.40. The molecule has 3 N–H and O–H groups in total. The minimum Gasteiger partial charge on any atom is -0.352 e. The summed E-state index contributed by atoms with van der Waals surface area (Å²) in [5, 5.41) is 2.95. The second-order valence-electron chi connectivity index (χ2n) is 6.15. The molecule has 4 nitrogen and oxygen atoms in total. The Morgan fingerprint density at radius 3 is 3.10 bits per heavy atom. The maximum Gasteiger partial charge on any atom is 0.225 e. The number of rotatable bonds is 3.